The SMILES string of the molecule is COc1ccc(C(=O)N2[C@H](C(=O)O)COC23CCN(C(=O)CC(C)C)CC3)cc1. The second-order valence-electron chi connectivity index (χ2n) is 7.99. The normalized spacial score (nSPS) is 20.9. The summed E-state index contributed by atoms with van der Waals surface area (Å²) in [6.45, 7) is 4.80. The molecule has 2 fully saturated rings. The lowest BCUT2D eigenvalue weighted by Gasteiger charge is -2.44. The average Bonchev–Trinajstić information content (AvgIpc) is 3.06. The predicted octanol–water partition coefficient (Wildman–Crippen LogP) is 1.99. The number of carboxylic acids is 1. The predicted molar refractivity (Wildman–Crippen MR) is 105 cm³/mol. The number of methoxy groups -OCH3 is 1. The maximum Gasteiger partial charge on any atom is 0.328 e. The van der Waals surface area contributed by atoms with Gasteiger partial charge in [0.1, 0.15) is 11.5 Å². The largest absolute Gasteiger partial charge is 0.497 e. The van der Waals surface area contributed by atoms with Crippen LogP contribution in [-0.4, -0.2) is 71.3 Å². The molecule has 8 nitrogen and oxygen atoms in total. The summed E-state index contributed by atoms with van der Waals surface area (Å²) in [5, 5.41) is 9.66. The average molecular weight is 404 g/mol. The first-order valence-corrected chi connectivity index (χ1v) is 9.89. The number of carboxylic acid groups (broad SMARTS) is 1. The van der Waals surface area contributed by atoms with Crippen molar-refractivity contribution in [3.05, 3.63) is 29.8 Å². The minimum Gasteiger partial charge on any atom is -0.497 e. The molecular weight excluding hydrogens is 376 g/mol. The molecule has 1 aromatic rings. The number of carbonyl (C=O) groups excluding carboxylic acids is 2. The van der Waals surface area contributed by atoms with Gasteiger partial charge < -0.3 is 19.5 Å². The molecule has 1 N–H and O–H groups in total. The van der Waals surface area contributed by atoms with Crippen molar-refractivity contribution < 1.29 is 29.0 Å². The smallest absolute Gasteiger partial charge is 0.328 e. The number of ether oxygens (including phenoxy) is 2. The van der Waals surface area contributed by atoms with Gasteiger partial charge in [0, 0.05) is 37.9 Å². The first-order valence-electron chi connectivity index (χ1n) is 9.89. The Hall–Kier alpha value is -2.61. The molecule has 29 heavy (non-hydrogen) atoms. The van der Waals surface area contributed by atoms with Crippen LogP contribution in [0.3, 0.4) is 0 Å². The standard InChI is InChI=1S/C21H28N2O6/c1-14(2)12-18(24)22-10-8-21(9-11-22)23(17(13-29-21)20(26)27)19(25)15-4-6-16(28-3)7-5-15/h4-7,14,17H,8-13H2,1-3H3,(H,26,27)/t17-/m0/s1. The second kappa shape index (κ2) is 8.41. The summed E-state index contributed by atoms with van der Waals surface area (Å²) in [6.07, 6.45) is 1.26. The Morgan fingerprint density at radius 2 is 1.83 bits per heavy atom. The van der Waals surface area contributed by atoms with Crippen LogP contribution >= 0.6 is 0 Å². The minimum atomic E-state index is -1.10. The molecular formula is C21H28N2O6. The molecule has 1 spiro atoms. The van der Waals surface area contributed by atoms with Crippen molar-refractivity contribution in [1.82, 2.24) is 9.80 Å². The van der Waals surface area contributed by atoms with Gasteiger partial charge in [0.25, 0.3) is 5.91 Å². The van der Waals surface area contributed by atoms with Crippen molar-refractivity contribution in [2.24, 2.45) is 5.92 Å². The van der Waals surface area contributed by atoms with Gasteiger partial charge >= 0.3 is 5.97 Å². The number of likely N-dealkylation sites (tertiary alicyclic amines) is 1. The molecule has 0 unspecified atom stereocenters. The molecule has 158 valence electrons. The number of benzene rings is 1. The molecule has 0 aliphatic carbocycles. The molecule has 8 heteroatoms. The van der Waals surface area contributed by atoms with E-state index in [0.29, 0.717) is 43.7 Å². The van der Waals surface area contributed by atoms with Crippen LogP contribution in [0.2, 0.25) is 0 Å². The Morgan fingerprint density at radius 1 is 1.21 bits per heavy atom. The fourth-order valence-electron chi connectivity index (χ4n) is 4.01. The van der Waals surface area contributed by atoms with Crippen molar-refractivity contribution in [1.29, 1.82) is 0 Å². The molecule has 3 rings (SSSR count). The molecule has 0 aromatic heterocycles. The van der Waals surface area contributed by atoms with Gasteiger partial charge in [-0.15, -0.1) is 0 Å². The molecule has 2 saturated heterocycles. The molecule has 1 atom stereocenters. The molecule has 0 bridgehead atoms. The van der Waals surface area contributed by atoms with Crippen LogP contribution < -0.4 is 4.74 Å². The van der Waals surface area contributed by atoms with Crippen molar-refractivity contribution in [3.8, 4) is 5.75 Å². The fourth-order valence-corrected chi connectivity index (χ4v) is 4.01. The number of hydrogen-bond donors (Lipinski definition) is 1. The van der Waals surface area contributed by atoms with Crippen LogP contribution in [0.1, 0.15) is 43.5 Å². The number of amides is 2. The number of rotatable bonds is 5. The second-order valence-corrected chi connectivity index (χ2v) is 7.99. The summed E-state index contributed by atoms with van der Waals surface area (Å²) in [4.78, 5) is 40.6. The monoisotopic (exact) mass is 404 g/mol. The van der Waals surface area contributed by atoms with Crippen molar-refractivity contribution in [3.63, 3.8) is 0 Å². The topological polar surface area (TPSA) is 96.4 Å². The highest BCUT2D eigenvalue weighted by Gasteiger charge is 2.54. The summed E-state index contributed by atoms with van der Waals surface area (Å²) >= 11 is 0. The van der Waals surface area contributed by atoms with E-state index in [-0.39, 0.29) is 24.3 Å². The molecule has 2 amide bonds. The first kappa shape index (κ1) is 21.1. The van der Waals surface area contributed by atoms with Gasteiger partial charge in [0.2, 0.25) is 5.91 Å². The van der Waals surface area contributed by atoms with E-state index in [0.717, 1.165) is 0 Å². The van der Waals surface area contributed by atoms with Crippen molar-refractivity contribution >= 4 is 17.8 Å². The Morgan fingerprint density at radius 3 is 2.34 bits per heavy atom. The van der Waals surface area contributed by atoms with Gasteiger partial charge in [-0.05, 0) is 30.2 Å². The lowest BCUT2D eigenvalue weighted by Crippen LogP contribution is -2.58. The first-order chi connectivity index (χ1) is 13.8. The number of carbonyl (C=O) groups is 3. The quantitative estimate of drug-likeness (QED) is 0.806. The van der Waals surface area contributed by atoms with Crippen LogP contribution in [0.5, 0.6) is 5.75 Å². The van der Waals surface area contributed by atoms with Gasteiger partial charge in [-0.1, -0.05) is 13.8 Å². The van der Waals surface area contributed by atoms with Crippen LogP contribution in [0.4, 0.5) is 0 Å². The van der Waals surface area contributed by atoms with Gasteiger partial charge in [0.15, 0.2) is 6.04 Å². The zero-order chi connectivity index (χ0) is 21.2. The van der Waals surface area contributed by atoms with E-state index in [4.69, 9.17) is 9.47 Å². The zero-order valence-electron chi connectivity index (χ0n) is 17.1. The summed E-state index contributed by atoms with van der Waals surface area (Å²) in [5.74, 6) is -0.524. The van der Waals surface area contributed by atoms with Crippen LogP contribution in [0.15, 0.2) is 24.3 Å². The number of piperidine rings is 1. The molecule has 2 heterocycles. The lowest BCUT2D eigenvalue weighted by molar-refractivity contribution is -0.148. The minimum absolute atomic E-state index is 0.0584. The zero-order valence-corrected chi connectivity index (χ0v) is 17.1. The lowest BCUT2D eigenvalue weighted by atomic mass is 9.96. The molecule has 2 aliphatic heterocycles. The van der Waals surface area contributed by atoms with Crippen LogP contribution in [0.25, 0.3) is 0 Å². The summed E-state index contributed by atoms with van der Waals surface area (Å²) in [6, 6.07) is 5.52. The summed E-state index contributed by atoms with van der Waals surface area (Å²) in [7, 11) is 1.54. The summed E-state index contributed by atoms with van der Waals surface area (Å²) in [5.41, 5.74) is -0.630. The maximum absolute atomic E-state index is 13.3. The molecule has 2 aliphatic rings. The van der Waals surface area contributed by atoms with Gasteiger partial charge in [0.05, 0.1) is 13.7 Å². The molecule has 1 aromatic carbocycles. The number of nitrogens with zero attached hydrogens (tertiary/aromatic N) is 2. The third kappa shape index (κ3) is 4.22. The van der Waals surface area contributed by atoms with E-state index in [2.05, 4.69) is 0 Å². The van der Waals surface area contributed by atoms with E-state index < -0.39 is 17.7 Å². The highest BCUT2D eigenvalue weighted by Crippen LogP contribution is 2.38. The van der Waals surface area contributed by atoms with E-state index >= 15 is 0 Å². The third-order valence-corrected chi connectivity index (χ3v) is 5.58. The van der Waals surface area contributed by atoms with Crippen molar-refractivity contribution in [2.45, 2.75) is 44.9 Å². The van der Waals surface area contributed by atoms with Gasteiger partial charge in [-0.2, -0.15) is 0 Å². The Bertz CT molecular complexity index is 768. The van der Waals surface area contributed by atoms with Gasteiger partial charge in [-0.3, -0.25) is 14.5 Å². The van der Waals surface area contributed by atoms with Gasteiger partial charge in [-0.25, -0.2) is 4.79 Å². The summed E-state index contributed by atoms with van der Waals surface area (Å²) < 4.78 is 11.1. The highest BCUT2D eigenvalue weighted by molar-refractivity contribution is 5.97. The molecule has 0 radical (unpaired) electrons. The highest BCUT2D eigenvalue weighted by atomic mass is 16.5. The Kier molecular flexibility index (Phi) is 6.12. The Balaban J connectivity index is 1.81. The van der Waals surface area contributed by atoms with Crippen molar-refractivity contribution in [2.75, 3.05) is 26.8 Å². The van der Waals surface area contributed by atoms with Crippen LogP contribution in [-0.2, 0) is 14.3 Å². The molecule has 0 saturated carbocycles. The van der Waals surface area contributed by atoms with E-state index in [9.17, 15) is 19.5 Å². The maximum atomic E-state index is 13.3. The van der Waals surface area contributed by atoms with E-state index in [1.165, 1.54) is 12.0 Å². The van der Waals surface area contributed by atoms with E-state index in [1.807, 2.05) is 13.8 Å². The number of aliphatic carboxylic acids is 1. The van der Waals surface area contributed by atoms with E-state index in [1.54, 1.807) is 29.2 Å². The van der Waals surface area contributed by atoms with Crippen LogP contribution in [0, 0.1) is 5.92 Å². The Labute approximate surface area is 170 Å². The third-order valence-electron chi connectivity index (χ3n) is 5.58. The number of hydrogen-bond acceptors (Lipinski definition) is 5. The fraction of sp³-hybridized carbons (Fsp3) is 0.571.